The maximum Gasteiger partial charge on any atom is 0.350 e. The fraction of sp³-hybridized carbons (Fsp3) is 0.120. The molecule has 0 saturated carbocycles. The lowest BCUT2D eigenvalue weighted by Crippen LogP contribution is -2.28. The monoisotopic (exact) mass is 468 g/mol. The van der Waals surface area contributed by atoms with E-state index in [-0.39, 0.29) is 23.9 Å². The van der Waals surface area contributed by atoms with Crippen LogP contribution in [0.5, 0.6) is 0 Å². The summed E-state index contributed by atoms with van der Waals surface area (Å²) >= 11 is 0. The normalized spacial score (nSPS) is 11.0. The lowest BCUT2D eigenvalue weighted by molar-refractivity contribution is -0.117. The number of aryl methyl sites for hydroxylation is 1. The van der Waals surface area contributed by atoms with Crippen LogP contribution in [0.2, 0.25) is 0 Å². The number of pyridine rings is 1. The van der Waals surface area contributed by atoms with Crippen molar-refractivity contribution in [3.8, 4) is 22.8 Å². The Balaban J connectivity index is 1.42. The molecule has 0 atom stereocenters. The van der Waals surface area contributed by atoms with Crippen molar-refractivity contribution in [3.63, 3.8) is 0 Å². The molecule has 10 heteroatoms. The lowest BCUT2D eigenvalue weighted by atomic mass is 10.1. The van der Waals surface area contributed by atoms with E-state index in [2.05, 4.69) is 20.6 Å². The number of hydrogen-bond acceptors (Lipinski definition) is 7. The first-order chi connectivity index (χ1) is 16.9. The maximum absolute atomic E-state index is 12.9. The Morgan fingerprint density at radius 2 is 1.86 bits per heavy atom. The molecule has 0 unspecified atom stereocenters. The van der Waals surface area contributed by atoms with Crippen molar-refractivity contribution >= 4 is 23.0 Å². The van der Waals surface area contributed by atoms with Gasteiger partial charge in [0, 0.05) is 23.0 Å². The summed E-state index contributed by atoms with van der Waals surface area (Å²) in [6.45, 7) is 3.12. The molecule has 2 aromatic carbocycles. The van der Waals surface area contributed by atoms with Gasteiger partial charge >= 0.3 is 5.69 Å². The predicted molar refractivity (Wildman–Crippen MR) is 128 cm³/mol. The minimum Gasteiger partial charge on any atom is -0.333 e. The summed E-state index contributed by atoms with van der Waals surface area (Å²) in [7, 11) is 0. The van der Waals surface area contributed by atoms with Crippen LogP contribution in [0, 0.1) is 6.92 Å². The van der Waals surface area contributed by atoms with E-state index in [1.807, 2.05) is 31.2 Å². The number of nitrogens with zero attached hydrogens (tertiary/aromatic N) is 5. The Hall–Kier alpha value is -4.86. The highest BCUT2D eigenvalue weighted by atomic mass is 16.5. The zero-order valence-corrected chi connectivity index (χ0v) is 18.9. The van der Waals surface area contributed by atoms with Crippen LogP contribution in [-0.4, -0.2) is 36.0 Å². The first-order valence-electron chi connectivity index (χ1n) is 10.8. The molecular formula is C25H20N6O4. The van der Waals surface area contributed by atoms with E-state index < -0.39 is 11.6 Å². The second-order valence-electron chi connectivity index (χ2n) is 8.03. The summed E-state index contributed by atoms with van der Waals surface area (Å²) in [6, 6.07) is 17.7. The van der Waals surface area contributed by atoms with Gasteiger partial charge in [-0.05, 0) is 38.1 Å². The van der Waals surface area contributed by atoms with Crippen LogP contribution in [0.3, 0.4) is 0 Å². The number of nitrogens with one attached hydrogen (secondary N) is 1. The van der Waals surface area contributed by atoms with Crippen LogP contribution < -0.4 is 11.0 Å². The molecule has 0 aliphatic heterocycles. The fourth-order valence-electron chi connectivity index (χ4n) is 3.61. The van der Waals surface area contributed by atoms with Crippen molar-refractivity contribution in [3.05, 3.63) is 88.5 Å². The number of benzene rings is 2. The van der Waals surface area contributed by atoms with Crippen LogP contribution in [0.25, 0.3) is 28.5 Å². The molecule has 0 bridgehead atoms. The number of amides is 1. The number of rotatable bonds is 6. The SMILES string of the molecule is CC(=O)c1cccc(NC(=O)Cn2nc3c(-c4nc(-c5ccc(C)cc5)no4)cccn3c2=O)c1. The average molecular weight is 468 g/mol. The van der Waals surface area contributed by atoms with Crippen molar-refractivity contribution in [1.29, 1.82) is 0 Å². The average Bonchev–Trinajstić information content (AvgIpc) is 3.45. The third-order valence-electron chi connectivity index (χ3n) is 5.42. The van der Waals surface area contributed by atoms with E-state index in [1.54, 1.807) is 42.6 Å². The first-order valence-corrected chi connectivity index (χ1v) is 10.8. The third-order valence-corrected chi connectivity index (χ3v) is 5.42. The van der Waals surface area contributed by atoms with Gasteiger partial charge in [-0.2, -0.15) is 4.98 Å². The van der Waals surface area contributed by atoms with Crippen LogP contribution in [0.4, 0.5) is 5.69 Å². The number of Topliss-reactive ketones (excluding diaryl/α,β-unsaturated/α-hetero) is 1. The molecule has 0 saturated heterocycles. The molecule has 0 spiro atoms. The molecule has 0 aliphatic carbocycles. The minimum absolute atomic E-state index is 0.114. The second-order valence-corrected chi connectivity index (χ2v) is 8.03. The van der Waals surface area contributed by atoms with Gasteiger partial charge in [0.2, 0.25) is 11.7 Å². The molecule has 0 aliphatic rings. The maximum atomic E-state index is 12.9. The Morgan fingerprint density at radius 1 is 1.06 bits per heavy atom. The van der Waals surface area contributed by atoms with Gasteiger partial charge < -0.3 is 9.84 Å². The van der Waals surface area contributed by atoms with E-state index in [9.17, 15) is 14.4 Å². The molecular weight excluding hydrogens is 448 g/mol. The van der Waals surface area contributed by atoms with Gasteiger partial charge in [0.15, 0.2) is 11.4 Å². The van der Waals surface area contributed by atoms with Crippen molar-refractivity contribution in [2.24, 2.45) is 0 Å². The van der Waals surface area contributed by atoms with Gasteiger partial charge in [0.05, 0.1) is 5.56 Å². The van der Waals surface area contributed by atoms with Crippen LogP contribution in [0.15, 0.2) is 76.2 Å². The van der Waals surface area contributed by atoms with E-state index in [4.69, 9.17) is 4.52 Å². The number of carbonyl (C=O) groups excluding carboxylic acids is 2. The van der Waals surface area contributed by atoms with E-state index in [1.165, 1.54) is 11.3 Å². The Bertz CT molecular complexity index is 1630. The topological polar surface area (TPSA) is 124 Å². The molecule has 3 aromatic heterocycles. The van der Waals surface area contributed by atoms with Gasteiger partial charge in [0.1, 0.15) is 6.54 Å². The second kappa shape index (κ2) is 8.82. The molecule has 10 nitrogen and oxygen atoms in total. The number of anilines is 1. The number of hydrogen-bond donors (Lipinski definition) is 1. The van der Waals surface area contributed by atoms with E-state index >= 15 is 0 Å². The van der Waals surface area contributed by atoms with Crippen molar-refractivity contribution in [2.75, 3.05) is 5.32 Å². The molecule has 5 rings (SSSR count). The quantitative estimate of drug-likeness (QED) is 0.379. The Kier molecular flexibility index (Phi) is 5.54. The first kappa shape index (κ1) is 22.0. The number of carbonyl (C=O) groups is 2. The van der Waals surface area contributed by atoms with Crippen molar-refractivity contribution in [1.82, 2.24) is 24.3 Å². The van der Waals surface area contributed by atoms with E-state index in [0.717, 1.165) is 15.8 Å². The predicted octanol–water partition coefficient (Wildman–Crippen LogP) is 3.36. The summed E-state index contributed by atoms with van der Waals surface area (Å²) in [5.74, 6) is 0.0405. The van der Waals surface area contributed by atoms with Crippen molar-refractivity contribution in [2.45, 2.75) is 20.4 Å². The minimum atomic E-state index is -0.493. The summed E-state index contributed by atoms with van der Waals surface area (Å²) in [4.78, 5) is 41.5. The fourth-order valence-corrected chi connectivity index (χ4v) is 3.61. The number of aromatic nitrogens is 5. The van der Waals surface area contributed by atoms with Crippen LogP contribution >= 0.6 is 0 Å². The summed E-state index contributed by atoms with van der Waals surface area (Å²) < 4.78 is 7.82. The van der Waals surface area contributed by atoms with Gasteiger partial charge in [-0.3, -0.25) is 9.59 Å². The number of fused-ring (bicyclic) bond motifs is 1. The van der Waals surface area contributed by atoms with Crippen LogP contribution in [-0.2, 0) is 11.3 Å². The largest absolute Gasteiger partial charge is 0.350 e. The number of ketones is 1. The Morgan fingerprint density at radius 3 is 2.63 bits per heavy atom. The molecule has 1 N–H and O–H groups in total. The molecule has 35 heavy (non-hydrogen) atoms. The van der Waals surface area contributed by atoms with Crippen molar-refractivity contribution < 1.29 is 14.1 Å². The van der Waals surface area contributed by atoms with Gasteiger partial charge in [-0.25, -0.2) is 13.9 Å². The summed E-state index contributed by atoms with van der Waals surface area (Å²) in [5, 5.41) is 11.1. The van der Waals surface area contributed by atoms with Gasteiger partial charge in [-0.15, -0.1) is 5.10 Å². The lowest BCUT2D eigenvalue weighted by Gasteiger charge is -2.05. The molecule has 1 amide bonds. The van der Waals surface area contributed by atoms with E-state index in [0.29, 0.717) is 22.6 Å². The van der Waals surface area contributed by atoms with Crippen LogP contribution in [0.1, 0.15) is 22.8 Å². The molecule has 0 fully saturated rings. The highest BCUT2D eigenvalue weighted by Gasteiger charge is 2.18. The van der Waals surface area contributed by atoms with Gasteiger partial charge in [0.25, 0.3) is 5.89 Å². The standard InChI is InChI=1S/C25H20N6O4/c1-15-8-10-17(11-9-15)22-27-24(35-29-22)20-7-4-12-30-23(20)28-31(25(30)34)14-21(33)26-19-6-3-5-18(13-19)16(2)32/h3-13H,14H2,1-2H3,(H,26,33). The highest BCUT2D eigenvalue weighted by molar-refractivity contribution is 5.97. The molecule has 3 heterocycles. The zero-order chi connectivity index (χ0) is 24.5. The summed E-state index contributed by atoms with van der Waals surface area (Å²) in [6.07, 6.45) is 1.55. The molecule has 0 radical (unpaired) electrons. The van der Waals surface area contributed by atoms with Gasteiger partial charge in [-0.1, -0.05) is 47.1 Å². The molecule has 174 valence electrons. The smallest absolute Gasteiger partial charge is 0.333 e. The third kappa shape index (κ3) is 4.36. The summed E-state index contributed by atoms with van der Waals surface area (Å²) in [5.41, 5.74) is 3.09. The Labute approximate surface area is 198 Å². The molecule has 5 aromatic rings. The zero-order valence-electron chi connectivity index (χ0n) is 18.9. The highest BCUT2D eigenvalue weighted by Crippen LogP contribution is 2.24.